The topological polar surface area (TPSA) is 106 Å². The van der Waals surface area contributed by atoms with E-state index in [0.717, 1.165) is 5.56 Å². The van der Waals surface area contributed by atoms with Gasteiger partial charge in [0.05, 0.1) is 12.4 Å². The molecule has 0 aromatic carbocycles. The summed E-state index contributed by atoms with van der Waals surface area (Å²) >= 11 is 0. The zero-order valence-corrected chi connectivity index (χ0v) is 10.4. The van der Waals surface area contributed by atoms with Crippen molar-refractivity contribution in [2.24, 2.45) is 0 Å². The van der Waals surface area contributed by atoms with Crippen LogP contribution in [0, 0.1) is 0 Å². The molecule has 0 radical (unpaired) electrons. The molecule has 2 aromatic rings. The van der Waals surface area contributed by atoms with Gasteiger partial charge in [0.15, 0.2) is 5.82 Å². The van der Waals surface area contributed by atoms with Crippen LogP contribution in [0.5, 0.6) is 0 Å². The third-order valence-electron chi connectivity index (χ3n) is 1.70. The van der Waals surface area contributed by atoms with Gasteiger partial charge in [-0.1, -0.05) is 0 Å². The zero-order chi connectivity index (χ0) is 15.2. The van der Waals surface area contributed by atoms with Crippen LogP contribution in [0.25, 0.3) is 11.4 Å². The van der Waals surface area contributed by atoms with Crippen molar-refractivity contribution in [1.82, 2.24) is 20.2 Å². The molecule has 7 nitrogen and oxygen atoms in total. The molecule has 0 aliphatic carbocycles. The SMILES string of the molecule is O=S(=O)(O)C(F)(F)F.c1cnc(-c2ccnnc2)nc1. The van der Waals surface area contributed by atoms with Gasteiger partial charge in [0, 0.05) is 18.0 Å². The maximum Gasteiger partial charge on any atom is 0.522 e. The summed E-state index contributed by atoms with van der Waals surface area (Å²) in [6.45, 7) is 0. The Kier molecular flexibility index (Phi) is 5.05. The Morgan fingerprint density at radius 1 is 1.05 bits per heavy atom. The molecule has 0 unspecified atom stereocenters. The number of hydrogen-bond donors (Lipinski definition) is 1. The van der Waals surface area contributed by atoms with Crippen LogP contribution in [0.3, 0.4) is 0 Å². The van der Waals surface area contributed by atoms with E-state index in [9.17, 15) is 13.2 Å². The highest BCUT2D eigenvalue weighted by Crippen LogP contribution is 2.20. The van der Waals surface area contributed by atoms with Gasteiger partial charge >= 0.3 is 15.6 Å². The van der Waals surface area contributed by atoms with E-state index in [0.29, 0.717) is 5.82 Å². The van der Waals surface area contributed by atoms with Crippen molar-refractivity contribution >= 4 is 10.1 Å². The first kappa shape index (κ1) is 15.9. The first-order valence-electron chi connectivity index (χ1n) is 4.79. The lowest BCUT2D eigenvalue weighted by Crippen LogP contribution is -2.21. The second kappa shape index (κ2) is 6.34. The average Bonchev–Trinajstić information content (AvgIpc) is 2.39. The van der Waals surface area contributed by atoms with Gasteiger partial charge in [-0.3, -0.25) is 4.55 Å². The van der Waals surface area contributed by atoms with Crippen molar-refractivity contribution in [2.75, 3.05) is 0 Å². The monoisotopic (exact) mass is 308 g/mol. The number of halogens is 3. The summed E-state index contributed by atoms with van der Waals surface area (Å²) in [4.78, 5) is 8.14. The fourth-order valence-electron chi connectivity index (χ4n) is 0.871. The number of aromatic nitrogens is 4. The molecule has 108 valence electrons. The van der Waals surface area contributed by atoms with E-state index in [4.69, 9.17) is 13.0 Å². The number of nitrogens with zero attached hydrogens (tertiary/aromatic N) is 4. The van der Waals surface area contributed by atoms with E-state index < -0.39 is 15.6 Å². The highest BCUT2D eigenvalue weighted by molar-refractivity contribution is 7.86. The van der Waals surface area contributed by atoms with Crippen molar-refractivity contribution in [2.45, 2.75) is 5.51 Å². The fourth-order valence-corrected chi connectivity index (χ4v) is 0.871. The van der Waals surface area contributed by atoms with Crippen LogP contribution >= 0.6 is 0 Å². The molecule has 2 aromatic heterocycles. The van der Waals surface area contributed by atoms with Gasteiger partial charge in [-0.05, 0) is 12.1 Å². The maximum atomic E-state index is 10.7. The van der Waals surface area contributed by atoms with Crippen LogP contribution in [0.2, 0.25) is 0 Å². The summed E-state index contributed by atoms with van der Waals surface area (Å²) in [6.07, 6.45) is 6.65. The normalized spacial score (nSPS) is 11.4. The van der Waals surface area contributed by atoms with E-state index >= 15 is 0 Å². The quantitative estimate of drug-likeness (QED) is 0.625. The lowest BCUT2D eigenvalue weighted by Gasteiger charge is -1.97. The van der Waals surface area contributed by atoms with Crippen molar-refractivity contribution in [3.63, 3.8) is 0 Å². The molecule has 11 heteroatoms. The molecular formula is C9H7F3N4O3S. The Labute approximate surface area is 111 Å². The Hall–Kier alpha value is -2.14. The number of alkyl halides is 3. The van der Waals surface area contributed by atoms with Gasteiger partial charge < -0.3 is 0 Å². The molecule has 0 fully saturated rings. The average molecular weight is 308 g/mol. The Balaban J connectivity index is 0.000000221. The van der Waals surface area contributed by atoms with Crippen molar-refractivity contribution in [3.8, 4) is 11.4 Å². The minimum absolute atomic E-state index is 0.674. The molecule has 0 aliphatic heterocycles. The van der Waals surface area contributed by atoms with Gasteiger partial charge in [0.1, 0.15) is 0 Å². The second-order valence-electron chi connectivity index (χ2n) is 3.12. The van der Waals surface area contributed by atoms with Crippen LogP contribution in [0.1, 0.15) is 0 Å². The molecule has 0 saturated heterocycles. The third kappa shape index (κ3) is 4.85. The van der Waals surface area contributed by atoms with E-state index in [1.807, 2.05) is 6.07 Å². The molecule has 0 saturated carbocycles. The van der Waals surface area contributed by atoms with Gasteiger partial charge in [-0.25, -0.2) is 9.97 Å². The van der Waals surface area contributed by atoms with Crippen molar-refractivity contribution < 1.29 is 26.1 Å². The van der Waals surface area contributed by atoms with Crippen molar-refractivity contribution in [3.05, 3.63) is 36.9 Å². The highest BCUT2D eigenvalue weighted by atomic mass is 32.2. The molecule has 0 amide bonds. The van der Waals surface area contributed by atoms with E-state index in [2.05, 4.69) is 20.2 Å². The van der Waals surface area contributed by atoms with Gasteiger partial charge in [-0.15, -0.1) is 0 Å². The lowest BCUT2D eigenvalue weighted by atomic mass is 10.3. The Bertz CT molecular complexity index is 597. The zero-order valence-electron chi connectivity index (χ0n) is 9.56. The first-order chi connectivity index (χ1) is 9.22. The molecule has 0 spiro atoms. The van der Waals surface area contributed by atoms with Gasteiger partial charge in [0.2, 0.25) is 0 Å². The highest BCUT2D eigenvalue weighted by Gasteiger charge is 2.44. The second-order valence-corrected chi connectivity index (χ2v) is 4.54. The predicted octanol–water partition coefficient (Wildman–Crippen LogP) is 1.33. The lowest BCUT2D eigenvalue weighted by molar-refractivity contribution is -0.0510. The van der Waals surface area contributed by atoms with Crippen LogP contribution in [-0.4, -0.2) is 38.6 Å². The molecule has 0 bridgehead atoms. The molecule has 20 heavy (non-hydrogen) atoms. The summed E-state index contributed by atoms with van der Waals surface area (Å²) in [5.74, 6) is 0.674. The molecule has 0 atom stereocenters. The minimum atomic E-state index is -5.84. The predicted molar refractivity (Wildman–Crippen MR) is 60.7 cm³/mol. The van der Waals surface area contributed by atoms with E-state index in [1.54, 1.807) is 30.9 Å². The Morgan fingerprint density at radius 3 is 2.00 bits per heavy atom. The summed E-state index contributed by atoms with van der Waals surface area (Å²) in [5.41, 5.74) is -4.65. The number of hydrogen-bond acceptors (Lipinski definition) is 6. The first-order valence-corrected chi connectivity index (χ1v) is 6.23. The van der Waals surface area contributed by atoms with Gasteiger partial charge in [-0.2, -0.15) is 31.8 Å². The van der Waals surface area contributed by atoms with Crippen LogP contribution in [0.15, 0.2) is 36.9 Å². The molecular weight excluding hydrogens is 301 g/mol. The molecule has 2 rings (SSSR count). The standard InChI is InChI=1S/C8H6N4.CHF3O3S/c1-3-9-8(10-4-1)7-2-5-11-12-6-7;2-1(3,4)8(5,6)7/h1-6H;(H,5,6,7). The van der Waals surface area contributed by atoms with Crippen LogP contribution in [-0.2, 0) is 10.1 Å². The fraction of sp³-hybridized carbons (Fsp3) is 0.111. The smallest absolute Gasteiger partial charge is 0.279 e. The maximum absolute atomic E-state index is 10.7. The van der Waals surface area contributed by atoms with Crippen LogP contribution in [0.4, 0.5) is 13.2 Å². The summed E-state index contributed by atoms with van der Waals surface area (Å²) in [6, 6.07) is 3.60. The summed E-state index contributed by atoms with van der Waals surface area (Å²) in [5, 5.41) is 7.40. The van der Waals surface area contributed by atoms with Gasteiger partial charge in [0.25, 0.3) is 0 Å². The Morgan fingerprint density at radius 2 is 1.60 bits per heavy atom. The largest absolute Gasteiger partial charge is 0.522 e. The van der Waals surface area contributed by atoms with E-state index in [-0.39, 0.29) is 0 Å². The third-order valence-corrected chi connectivity index (χ3v) is 2.29. The molecule has 1 N–H and O–H groups in total. The molecule has 0 aliphatic rings. The minimum Gasteiger partial charge on any atom is -0.279 e. The summed E-state index contributed by atoms with van der Waals surface area (Å²) in [7, 11) is -5.84. The molecule has 2 heterocycles. The van der Waals surface area contributed by atoms with Crippen molar-refractivity contribution in [1.29, 1.82) is 0 Å². The number of rotatable bonds is 1. The van der Waals surface area contributed by atoms with E-state index in [1.165, 1.54) is 0 Å². The van der Waals surface area contributed by atoms with Crippen LogP contribution < -0.4 is 0 Å². The summed E-state index contributed by atoms with van der Waals surface area (Å²) < 4.78 is 57.5.